The zero-order valence-electron chi connectivity index (χ0n) is 19.3. The molecule has 4 aliphatic carbocycles. The highest BCUT2D eigenvalue weighted by molar-refractivity contribution is 8.17. The molecule has 4 fully saturated rings. The van der Waals surface area contributed by atoms with Crippen molar-refractivity contribution in [1.29, 1.82) is 0 Å². The molecule has 4 bridgehead atoms. The Kier molecular flexibility index (Phi) is 6.91. The second-order valence-corrected chi connectivity index (χ2v) is 11.0. The number of aryl methyl sites for hydroxylation is 1. The molecule has 5 rings (SSSR count). The summed E-state index contributed by atoms with van der Waals surface area (Å²) in [5, 5.41) is 0.283. The summed E-state index contributed by atoms with van der Waals surface area (Å²) in [5.74, 6) is 3.11. The van der Waals surface area contributed by atoms with Crippen molar-refractivity contribution in [2.24, 2.45) is 23.2 Å². The number of carbonyl (C=O) groups is 2. The van der Waals surface area contributed by atoms with Crippen molar-refractivity contribution in [2.75, 3.05) is 19.5 Å². The van der Waals surface area contributed by atoms with E-state index in [1.54, 1.807) is 25.1 Å². The molecule has 0 unspecified atom stereocenters. The van der Waals surface area contributed by atoms with Gasteiger partial charge in [0, 0.05) is 41.3 Å². The van der Waals surface area contributed by atoms with Crippen molar-refractivity contribution < 1.29 is 14.3 Å². The lowest BCUT2D eigenvalue weighted by Gasteiger charge is -2.55. The predicted molar refractivity (Wildman–Crippen MR) is 125 cm³/mol. The maximum atomic E-state index is 13.7. The number of anilines is 1. The van der Waals surface area contributed by atoms with E-state index in [-0.39, 0.29) is 17.1 Å². The maximum Gasteiger partial charge on any atom is 0.214 e. The molecule has 0 aromatic carbocycles. The van der Waals surface area contributed by atoms with E-state index in [2.05, 4.69) is 9.97 Å². The number of hydrogen-bond acceptors (Lipinski definition) is 7. The zero-order chi connectivity index (χ0) is 22.9. The number of thioether (sulfide) groups is 1. The molecule has 0 spiro atoms. The van der Waals surface area contributed by atoms with Gasteiger partial charge < -0.3 is 15.4 Å². The standard InChI is InChI=1S/C24H34N4O3S/c1-15(28(14-29)13-20-12-26-16(2)27-22(20)25)21(4-5-31-3)32-23(30)24-9-17-6-18(10-24)8-19(7-17)11-24/h12,14,17-19H,4-11,13H2,1-3H3,(H2,25,26,27)/b21-15-. The van der Waals surface area contributed by atoms with Gasteiger partial charge in [0.1, 0.15) is 11.6 Å². The fourth-order valence-electron chi connectivity index (χ4n) is 6.29. The number of nitrogens with zero attached hydrogens (tertiary/aromatic N) is 3. The highest BCUT2D eigenvalue weighted by atomic mass is 32.2. The Bertz CT molecular complexity index is 881. The van der Waals surface area contributed by atoms with Gasteiger partial charge in [0.2, 0.25) is 6.41 Å². The zero-order valence-corrected chi connectivity index (χ0v) is 20.1. The summed E-state index contributed by atoms with van der Waals surface area (Å²) in [6.07, 6.45) is 10.1. The van der Waals surface area contributed by atoms with Crippen LogP contribution >= 0.6 is 11.8 Å². The van der Waals surface area contributed by atoms with Crippen LogP contribution in [0.1, 0.15) is 63.3 Å². The van der Waals surface area contributed by atoms with Gasteiger partial charge in [-0.15, -0.1) is 0 Å². The van der Waals surface area contributed by atoms with Crippen molar-refractivity contribution in [3.8, 4) is 0 Å². The van der Waals surface area contributed by atoms with Gasteiger partial charge in [-0.3, -0.25) is 9.59 Å². The van der Waals surface area contributed by atoms with Crippen molar-refractivity contribution in [3.05, 3.63) is 28.2 Å². The SMILES string of the molecule is COCC/C(SC(=O)C12CC3CC(CC(C3)C1)C2)=C(\C)N(C=O)Cc1cnc(C)nc1N. The Morgan fingerprint density at radius 3 is 2.44 bits per heavy atom. The number of carbonyl (C=O) groups excluding carboxylic acids is 2. The van der Waals surface area contributed by atoms with E-state index >= 15 is 0 Å². The van der Waals surface area contributed by atoms with Gasteiger partial charge in [0.25, 0.3) is 0 Å². The van der Waals surface area contributed by atoms with Crippen LogP contribution in [0.15, 0.2) is 16.8 Å². The summed E-state index contributed by atoms with van der Waals surface area (Å²) in [7, 11) is 1.65. The fourth-order valence-corrected chi connectivity index (χ4v) is 7.43. The first-order chi connectivity index (χ1) is 15.3. The number of nitrogens with two attached hydrogens (primary N) is 1. The number of allylic oxidation sites excluding steroid dienone is 1. The largest absolute Gasteiger partial charge is 0.384 e. The third kappa shape index (κ3) is 4.71. The maximum absolute atomic E-state index is 13.7. The quantitative estimate of drug-likeness (QED) is 0.557. The van der Waals surface area contributed by atoms with Gasteiger partial charge >= 0.3 is 0 Å². The second-order valence-electron chi connectivity index (χ2n) is 9.90. The predicted octanol–water partition coefficient (Wildman–Crippen LogP) is 4.07. The molecular formula is C24H34N4O3S. The molecule has 4 aliphatic rings. The highest BCUT2D eigenvalue weighted by Crippen LogP contribution is 2.61. The van der Waals surface area contributed by atoms with E-state index < -0.39 is 0 Å². The Labute approximate surface area is 194 Å². The topological polar surface area (TPSA) is 98.4 Å². The Morgan fingerprint density at radius 2 is 1.91 bits per heavy atom. The van der Waals surface area contributed by atoms with Crippen molar-refractivity contribution in [1.82, 2.24) is 14.9 Å². The van der Waals surface area contributed by atoms with Crippen LogP contribution in [0.3, 0.4) is 0 Å². The molecule has 2 N–H and O–H groups in total. The first-order valence-corrected chi connectivity index (χ1v) is 12.4. The van der Waals surface area contributed by atoms with Gasteiger partial charge in [-0.1, -0.05) is 11.8 Å². The van der Waals surface area contributed by atoms with Crippen LogP contribution in [0.4, 0.5) is 5.82 Å². The minimum Gasteiger partial charge on any atom is -0.384 e. The molecule has 174 valence electrons. The summed E-state index contributed by atoms with van der Waals surface area (Å²) < 4.78 is 5.31. The Hall–Kier alpha value is -1.93. The van der Waals surface area contributed by atoms with E-state index in [1.807, 2.05) is 6.92 Å². The van der Waals surface area contributed by atoms with Gasteiger partial charge in [-0.2, -0.15) is 0 Å². The third-order valence-electron chi connectivity index (χ3n) is 7.54. The number of amides is 1. The lowest BCUT2D eigenvalue weighted by atomic mass is 9.50. The third-order valence-corrected chi connectivity index (χ3v) is 8.91. The van der Waals surface area contributed by atoms with E-state index in [9.17, 15) is 9.59 Å². The number of nitrogen functional groups attached to an aromatic ring is 1. The number of aromatic nitrogens is 2. The summed E-state index contributed by atoms with van der Waals surface area (Å²) in [6.45, 7) is 4.43. The Morgan fingerprint density at radius 1 is 1.28 bits per heavy atom. The molecule has 0 aliphatic heterocycles. The van der Waals surface area contributed by atoms with Crippen molar-refractivity contribution >= 4 is 29.1 Å². The number of rotatable bonds is 9. The average molecular weight is 459 g/mol. The molecule has 8 heteroatoms. The fraction of sp³-hybridized carbons (Fsp3) is 0.667. The molecule has 4 saturated carbocycles. The van der Waals surface area contributed by atoms with Crippen LogP contribution in [0.5, 0.6) is 0 Å². The van der Waals surface area contributed by atoms with Gasteiger partial charge in [0.05, 0.1) is 13.2 Å². The van der Waals surface area contributed by atoms with E-state index in [0.29, 0.717) is 48.0 Å². The average Bonchev–Trinajstić information content (AvgIpc) is 2.74. The van der Waals surface area contributed by atoms with Crippen molar-refractivity contribution in [3.63, 3.8) is 0 Å². The second kappa shape index (κ2) is 9.51. The molecule has 1 amide bonds. The molecule has 7 nitrogen and oxygen atoms in total. The summed E-state index contributed by atoms with van der Waals surface area (Å²) in [6, 6.07) is 0. The highest BCUT2D eigenvalue weighted by Gasteiger charge is 2.54. The van der Waals surface area contributed by atoms with E-state index in [4.69, 9.17) is 10.5 Å². The van der Waals surface area contributed by atoms with Crippen LogP contribution in [0.25, 0.3) is 0 Å². The molecule has 0 saturated heterocycles. The van der Waals surface area contributed by atoms with Gasteiger partial charge in [-0.05, 0) is 70.1 Å². The number of methoxy groups -OCH3 is 1. The molecular weight excluding hydrogens is 424 g/mol. The normalized spacial score (nSPS) is 29.0. The van der Waals surface area contributed by atoms with E-state index in [0.717, 1.165) is 36.3 Å². The first-order valence-electron chi connectivity index (χ1n) is 11.5. The molecule has 1 aromatic heterocycles. The van der Waals surface area contributed by atoms with Crippen LogP contribution < -0.4 is 5.73 Å². The van der Waals surface area contributed by atoms with Crippen LogP contribution in [0, 0.1) is 30.1 Å². The summed E-state index contributed by atoms with van der Waals surface area (Å²) in [4.78, 5) is 36.6. The monoisotopic (exact) mass is 458 g/mol. The first kappa shape index (κ1) is 23.2. The molecule has 32 heavy (non-hydrogen) atoms. The van der Waals surface area contributed by atoms with Gasteiger partial charge in [0.15, 0.2) is 5.12 Å². The van der Waals surface area contributed by atoms with Crippen LogP contribution in [-0.4, -0.2) is 40.1 Å². The molecule has 0 atom stereocenters. The lowest BCUT2D eigenvalue weighted by Crippen LogP contribution is -2.49. The lowest BCUT2D eigenvalue weighted by molar-refractivity contribution is -0.134. The molecule has 1 heterocycles. The summed E-state index contributed by atoms with van der Waals surface area (Å²) >= 11 is 1.34. The smallest absolute Gasteiger partial charge is 0.214 e. The minimum atomic E-state index is -0.181. The number of hydrogen-bond donors (Lipinski definition) is 1. The molecule has 0 radical (unpaired) electrons. The van der Waals surface area contributed by atoms with Crippen LogP contribution in [0.2, 0.25) is 0 Å². The van der Waals surface area contributed by atoms with E-state index in [1.165, 1.54) is 31.0 Å². The summed E-state index contributed by atoms with van der Waals surface area (Å²) in [5.41, 5.74) is 7.31. The molecule has 1 aromatic rings. The number of ether oxygens (including phenoxy) is 1. The van der Waals surface area contributed by atoms with Crippen LogP contribution in [-0.2, 0) is 20.9 Å². The van der Waals surface area contributed by atoms with Crippen molar-refractivity contribution in [2.45, 2.75) is 65.3 Å². The Balaban J connectivity index is 1.55. The van der Waals surface area contributed by atoms with Gasteiger partial charge in [-0.25, -0.2) is 9.97 Å². The minimum absolute atomic E-state index is 0.181.